The molecule has 1 atom stereocenters. The SMILES string of the molecule is C=C(CNC1CC1)CN(C)C(C)CCSC. The highest BCUT2D eigenvalue weighted by Crippen LogP contribution is 2.18. The minimum absolute atomic E-state index is 0.658. The van der Waals surface area contributed by atoms with Crippen LogP contribution in [0.5, 0.6) is 0 Å². The highest BCUT2D eigenvalue weighted by Gasteiger charge is 2.20. The van der Waals surface area contributed by atoms with Crippen LogP contribution in [0.15, 0.2) is 12.2 Å². The highest BCUT2D eigenvalue weighted by molar-refractivity contribution is 7.98. The average molecular weight is 242 g/mol. The first kappa shape index (κ1) is 14.1. The van der Waals surface area contributed by atoms with Crippen LogP contribution in [0.3, 0.4) is 0 Å². The molecule has 0 bridgehead atoms. The van der Waals surface area contributed by atoms with E-state index in [1.165, 1.54) is 30.6 Å². The first-order valence-corrected chi connectivity index (χ1v) is 7.62. The zero-order chi connectivity index (χ0) is 12.0. The highest BCUT2D eigenvalue weighted by atomic mass is 32.2. The molecule has 1 aliphatic rings. The number of hydrogen-bond acceptors (Lipinski definition) is 3. The van der Waals surface area contributed by atoms with Gasteiger partial charge in [-0.2, -0.15) is 11.8 Å². The van der Waals surface area contributed by atoms with Crippen LogP contribution in [0.4, 0.5) is 0 Å². The summed E-state index contributed by atoms with van der Waals surface area (Å²) in [6.07, 6.45) is 6.15. The van der Waals surface area contributed by atoms with E-state index in [9.17, 15) is 0 Å². The van der Waals surface area contributed by atoms with Gasteiger partial charge in [-0.05, 0) is 50.8 Å². The van der Waals surface area contributed by atoms with Gasteiger partial charge in [0.2, 0.25) is 0 Å². The maximum absolute atomic E-state index is 4.15. The van der Waals surface area contributed by atoms with Gasteiger partial charge in [0.1, 0.15) is 0 Å². The normalized spacial score (nSPS) is 17.8. The molecule has 94 valence electrons. The van der Waals surface area contributed by atoms with Crippen LogP contribution in [-0.4, -0.2) is 49.1 Å². The van der Waals surface area contributed by atoms with Crippen LogP contribution < -0.4 is 5.32 Å². The topological polar surface area (TPSA) is 15.3 Å². The van der Waals surface area contributed by atoms with Crippen molar-refractivity contribution in [2.45, 2.75) is 38.3 Å². The first-order chi connectivity index (χ1) is 7.63. The molecule has 1 aliphatic carbocycles. The first-order valence-electron chi connectivity index (χ1n) is 6.22. The van der Waals surface area contributed by atoms with E-state index >= 15 is 0 Å². The van der Waals surface area contributed by atoms with Crippen molar-refractivity contribution < 1.29 is 0 Å². The maximum atomic E-state index is 4.15. The zero-order valence-corrected chi connectivity index (χ0v) is 11.8. The summed E-state index contributed by atoms with van der Waals surface area (Å²) >= 11 is 1.93. The second-order valence-corrected chi connectivity index (χ2v) is 5.94. The third-order valence-corrected chi connectivity index (χ3v) is 3.83. The van der Waals surface area contributed by atoms with Crippen LogP contribution in [0.2, 0.25) is 0 Å². The van der Waals surface area contributed by atoms with Crippen molar-refractivity contribution in [2.24, 2.45) is 0 Å². The number of nitrogens with one attached hydrogen (secondary N) is 1. The van der Waals surface area contributed by atoms with Crippen molar-refractivity contribution in [3.63, 3.8) is 0 Å². The number of thioether (sulfide) groups is 1. The van der Waals surface area contributed by atoms with Gasteiger partial charge >= 0.3 is 0 Å². The predicted molar refractivity (Wildman–Crippen MR) is 75.3 cm³/mol. The molecule has 0 spiro atoms. The molecule has 1 saturated carbocycles. The molecular weight excluding hydrogens is 216 g/mol. The smallest absolute Gasteiger partial charge is 0.0202 e. The molecule has 0 aromatic rings. The number of likely N-dealkylation sites (N-methyl/N-ethyl adjacent to an activating group) is 1. The Morgan fingerprint density at radius 1 is 1.56 bits per heavy atom. The molecule has 0 aromatic carbocycles. The van der Waals surface area contributed by atoms with Crippen LogP contribution >= 0.6 is 11.8 Å². The van der Waals surface area contributed by atoms with Crippen LogP contribution in [0.1, 0.15) is 26.2 Å². The standard InChI is InChI=1S/C13H26N2S/c1-11(9-14-13-5-6-13)10-15(3)12(2)7-8-16-4/h12-14H,1,5-10H2,2-4H3. The molecule has 1 unspecified atom stereocenters. The summed E-state index contributed by atoms with van der Waals surface area (Å²) in [4.78, 5) is 2.41. The zero-order valence-electron chi connectivity index (χ0n) is 11.0. The van der Waals surface area contributed by atoms with Crippen molar-refractivity contribution in [3.8, 4) is 0 Å². The summed E-state index contributed by atoms with van der Waals surface area (Å²) in [5.74, 6) is 1.25. The van der Waals surface area contributed by atoms with Crippen molar-refractivity contribution in [3.05, 3.63) is 12.2 Å². The lowest BCUT2D eigenvalue weighted by atomic mass is 10.2. The molecule has 3 heteroatoms. The Labute approximate surface area is 105 Å². The molecule has 16 heavy (non-hydrogen) atoms. The van der Waals surface area contributed by atoms with Crippen LogP contribution in [0, 0.1) is 0 Å². The van der Waals surface area contributed by atoms with Gasteiger partial charge in [-0.15, -0.1) is 0 Å². The molecular formula is C13H26N2S. The van der Waals surface area contributed by atoms with Gasteiger partial charge in [-0.25, -0.2) is 0 Å². The predicted octanol–water partition coefficient (Wildman–Crippen LogP) is 2.37. The summed E-state index contributed by atoms with van der Waals surface area (Å²) < 4.78 is 0. The molecule has 0 heterocycles. The number of nitrogens with zero attached hydrogens (tertiary/aromatic N) is 1. The summed E-state index contributed by atoms with van der Waals surface area (Å²) in [6.45, 7) is 8.46. The van der Waals surface area contributed by atoms with Gasteiger partial charge < -0.3 is 5.32 Å². The summed E-state index contributed by atoms with van der Waals surface area (Å²) in [5.41, 5.74) is 1.31. The van der Waals surface area contributed by atoms with Gasteiger partial charge in [-0.1, -0.05) is 6.58 Å². The third-order valence-electron chi connectivity index (χ3n) is 3.18. The fourth-order valence-corrected chi connectivity index (χ4v) is 2.23. The Hall–Kier alpha value is 0.0100. The molecule has 0 saturated heterocycles. The lowest BCUT2D eigenvalue weighted by molar-refractivity contribution is 0.272. The fraction of sp³-hybridized carbons (Fsp3) is 0.846. The largest absolute Gasteiger partial charge is 0.310 e. The van der Waals surface area contributed by atoms with E-state index in [1.54, 1.807) is 0 Å². The Kier molecular flexibility index (Phi) is 6.47. The van der Waals surface area contributed by atoms with Gasteiger partial charge in [-0.3, -0.25) is 4.90 Å². The Morgan fingerprint density at radius 2 is 2.25 bits per heavy atom. The maximum Gasteiger partial charge on any atom is 0.0202 e. The van der Waals surface area contributed by atoms with Crippen molar-refractivity contribution >= 4 is 11.8 Å². The lowest BCUT2D eigenvalue weighted by Gasteiger charge is -2.25. The van der Waals surface area contributed by atoms with E-state index < -0.39 is 0 Å². The second kappa shape index (κ2) is 7.36. The van der Waals surface area contributed by atoms with E-state index in [4.69, 9.17) is 0 Å². The van der Waals surface area contributed by atoms with Crippen molar-refractivity contribution in [1.29, 1.82) is 0 Å². The molecule has 1 fully saturated rings. The minimum atomic E-state index is 0.658. The van der Waals surface area contributed by atoms with E-state index in [0.717, 1.165) is 19.1 Å². The third kappa shape index (κ3) is 5.92. The molecule has 1 rings (SSSR count). The van der Waals surface area contributed by atoms with E-state index in [2.05, 4.69) is 37.0 Å². The Balaban J connectivity index is 2.10. The quantitative estimate of drug-likeness (QED) is 0.625. The molecule has 1 N–H and O–H groups in total. The van der Waals surface area contributed by atoms with Gasteiger partial charge in [0.15, 0.2) is 0 Å². The van der Waals surface area contributed by atoms with Gasteiger partial charge in [0.05, 0.1) is 0 Å². The average Bonchev–Trinajstić information content (AvgIpc) is 3.06. The molecule has 0 radical (unpaired) electrons. The van der Waals surface area contributed by atoms with E-state index in [-0.39, 0.29) is 0 Å². The van der Waals surface area contributed by atoms with Crippen LogP contribution in [-0.2, 0) is 0 Å². The van der Waals surface area contributed by atoms with Crippen LogP contribution in [0.25, 0.3) is 0 Å². The van der Waals surface area contributed by atoms with Crippen molar-refractivity contribution in [2.75, 3.05) is 32.1 Å². The minimum Gasteiger partial charge on any atom is -0.310 e. The molecule has 2 nitrogen and oxygen atoms in total. The Morgan fingerprint density at radius 3 is 2.81 bits per heavy atom. The monoisotopic (exact) mass is 242 g/mol. The summed E-state index contributed by atoms with van der Waals surface area (Å²) in [6, 6.07) is 1.45. The summed E-state index contributed by atoms with van der Waals surface area (Å²) in [5, 5.41) is 3.51. The Bertz CT molecular complexity index is 214. The van der Waals surface area contributed by atoms with E-state index in [0.29, 0.717) is 6.04 Å². The van der Waals surface area contributed by atoms with Crippen molar-refractivity contribution in [1.82, 2.24) is 10.2 Å². The fourth-order valence-electron chi connectivity index (χ4n) is 1.65. The van der Waals surface area contributed by atoms with E-state index in [1.807, 2.05) is 11.8 Å². The van der Waals surface area contributed by atoms with Gasteiger partial charge in [0.25, 0.3) is 0 Å². The lowest BCUT2D eigenvalue weighted by Crippen LogP contribution is -2.33. The number of hydrogen-bond donors (Lipinski definition) is 1. The molecule has 0 aliphatic heterocycles. The summed E-state index contributed by atoms with van der Waals surface area (Å²) in [7, 11) is 2.20. The molecule has 0 aromatic heterocycles. The van der Waals surface area contributed by atoms with Gasteiger partial charge in [0, 0.05) is 25.2 Å². The number of rotatable bonds is 9. The second-order valence-electron chi connectivity index (χ2n) is 4.95. The molecule has 0 amide bonds.